The van der Waals surface area contributed by atoms with Crippen LogP contribution in [0.25, 0.3) is 0 Å². The SMILES string of the molecule is CCOCCCn1cc(C)nc1N1C[C@H]2CNC[C@H]2C1. The van der Waals surface area contributed by atoms with Gasteiger partial charge in [-0.15, -0.1) is 0 Å². The van der Waals surface area contributed by atoms with E-state index >= 15 is 0 Å². The minimum Gasteiger partial charge on any atom is -0.382 e. The van der Waals surface area contributed by atoms with Crippen LogP contribution < -0.4 is 10.2 Å². The number of anilines is 1. The number of fused-ring (bicyclic) bond motifs is 1. The van der Waals surface area contributed by atoms with Crippen LogP contribution in [-0.2, 0) is 11.3 Å². The van der Waals surface area contributed by atoms with Gasteiger partial charge in [-0.05, 0) is 32.1 Å². The monoisotopic (exact) mass is 278 g/mol. The standard InChI is InChI=1S/C15H26N4O/c1-3-20-6-4-5-18-9-12(2)17-15(18)19-10-13-7-16-8-14(13)11-19/h9,13-14,16H,3-8,10-11H2,1-2H3/t13-,14+. The normalized spacial score (nSPS) is 25.4. The number of hydrogen-bond donors (Lipinski definition) is 1. The number of nitrogens with zero attached hydrogens (tertiary/aromatic N) is 3. The largest absolute Gasteiger partial charge is 0.382 e. The first kappa shape index (κ1) is 13.9. The van der Waals surface area contributed by atoms with E-state index < -0.39 is 0 Å². The predicted octanol–water partition coefficient (Wildman–Crippen LogP) is 1.27. The van der Waals surface area contributed by atoms with Crippen molar-refractivity contribution in [2.45, 2.75) is 26.8 Å². The lowest BCUT2D eigenvalue weighted by Crippen LogP contribution is -2.28. The van der Waals surface area contributed by atoms with Crippen molar-refractivity contribution in [3.63, 3.8) is 0 Å². The minimum atomic E-state index is 0.804. The van der Waals surface area contributed by atoms with Crippen molar-refractivity contribution in [1.29, 1.82) is 0 Å². The summed E-state index contributed by atoms with van der Waals surface area (Å²) in [5.74, 6) is 2.78. The summed E-state index contributed by atoms with van der Waals surface area (Å²) in [6, 6.07) is 0. The van der Waals surface area contributed by atoms with Crippen LogP contribution in [0.5, 0.6) is 0 Å². The van der Waals surface area contributed by atoms with E-state index in [1.807, 2.05) is 6.92 Å². The zero-order valence-electron chi connectivity index (χ0n) is 12.6. The maximum absolute atomic E-state index is 5.43. The van der Waals surface area contributed by atoms with E-state index in [-0.39, 0.29) is 0 Å². The smallest absolute Gasteiger partial charge is 0.205 e. The van der Waals surface area contributed by atoms with E-state index in [4.69, 9.17) is 9.72 Å². The highest BCUT2D eigenvalue weighted by Gasteiger charge is 2.37. The van der Waals surface area contributed by atoms with Crippen LogP contribution in [-0.4, -0.2) is 48.9 Å². The number of hydrogen-bond acceptors (Lipinski definition) is 4. The van der Waals surface area contributed by atoms with Crippen LogP contribution >= 0.6 is 0 Å². The molecule has 1 N–H and O–H groups in total. The molecule has 2 atom stereocenters. The van der Waals surface area contributed by atoms with Crippen molar-refractivity contribution in [2.24, 2.45) is 11.8 Å². The molecule has 1 aromatic heterocycles. The summed E-state index contributed by atoms with van der Waals surface area (Å²) >= 11 is 0. The van der Waals surface area contributed by atoms with E-state index in [1.165, 1.54) is 13.1 Å². The molecule has 0 aromatic carbocycles. The molecule has 0 amide bonds. The summed E-state index contributed by atoms with van der Waals surface area (Å²) in [5.41, 5.74) is 1.12. The Hall–Kier alpha value is -1.07. The third-order valence-electron chi connectivity index (χ3n) is 4.44. The molecule has 3 heterocycles. The van der Waals surface area contributed by atoms with Gasteiger partial charge in [0.05, 0.1) is 5.69 Å². The molecule has 5 nitrogen and oxygen atoms in total. The molecule has 20 heavy (non-hydrogen) atoms. The zero-order chi connectivity index (χ0) is 13.9. The quantitative estimate of drug-likeness (QED) is 0.796. The Balaban J connectivity index is 1.63. The number of imidazole rings is 1. The molecule has 2 fully saturated rings. The number of ether oxygens (including phenoxy) is 1. The summed E-state index contributed by atoms with van der Waals surface area (Å²) in [6.45, 7) is 11.4. The fourth-order valence-electron chi connectivity index (χ4n) is 3.45. The second kappa shape index (κ2) is 6.14. The molecule has 0 aliphatic carbocycles. The van der Waals surface area contributed by atoms with Gasteiger partial charge in [-0.25, -0.2) is 4.98 Å². The summed E-state index contributed by atoms with van der Waals surface area (Å²) in [7, 11) is 0. The molecule has 0 spiro atoms. The minimum absolute atomic E-state index is 0.804. The lowest BCUT2D eigenvalue weighted by atomic mass is 10.0. The Kier molecular flexibility index (Phi) is 4.27. The third-order valence-corrected chi connectivity index (χ3v) is 4.44. The first-order valence-electron chi connectivity index (χ1n) is 7.85. The van der Waals surface area contributed by atoms with Crippen LogP contribution in [0.4, 0.5) is 5.95 Å². The highest BCUT2D eigenvalue weighted by molar-refractivity contribution is 5.36. The summed E-state index contributed by atoms with van der Waals surface area (Å²) in [6.07, 6.45) is 3.23. The molecule has 0 bridgehead atoms. The van der Waals surface area contributed by atoms with Crippen molar-refractivity contribution in [3.8, 4) is 0 Å². The average molecular weight is 278 g/mol. The molecule has 0 saturated carbocycles. The average Bonchev–Trinajstić information content (AvgIpc) is 3.08. The Bertz CT molecular complexity index is 433. The fraction of sp³-hybridized carbons (Fsp3) is 0.800. The van der Waals surface area contributed by atoms with Crippen LogP contribution in [0.15, 0.2) is 6.20 Å². The topological polar surface area (TPSA) is 42.3 Å². The lowest BCUT2D eigenvalue weighted by molar-refractivity contribution is 0.141. The second-order valence-corrected chi connectivity index (χ2v) is 6.01. The second-order valence-electron chi connectivity index (χ2n) is 6.01. The highest BCUT2D eigenvalue weighted by Crippen LogP contribution is 2.30. The Morgan fingerprint density at radius 1 is 1.35 bits per heavy atom. The Morgan fingerprint density at radius 3 is 2.80 bits per heavy atom. The molecule has 112 valence electrons. The molecular formula is C15H26N4O. The first-order chi connectivity index (χ1) is 9.78. The van der Waals surface area contributed by atoms with Crippen LogP contribution in [0.3, 0.4) is 0 Å². The van der Waals surface area contributed by atoms with Gasteiger partial charge in [0.25, 0.3) is 0 Å². The zero-order valence-corrected chi connectivity index (χ0v) is 12.6. The maximum atomic E-state index is 5.43. The van der Waals surface area contributed by atoms with Crippen molar-refractivity contribution >= 4 is 5.95 Å². The first-order valence-corrected chi connectivity index (χ1v) is 7.85. The molecule has 1 aromatic rings. The molecule has 0 unspecified atom stereocenters. The van der Waals surface area contributed by atoms with Crippen molar-refractivity contribution < 1.29 is 4.74 Å². The van der Waals surface area contributed by atoms with E-state index in [0.29, 0.717) is 0 Å². The van der Waals surface area contributed by atoms with Gasteiger partial charge in [0.1, 0.15) is 0 Å². The molecular weight excluding hydrogens is 252 g/mol. The van der Waals surface area contributed by atoms with E-state index in [0.717, 1.165) is 62.7 Å². The number of aromatic nitrogens is 2. The van der Waals surface area contributed by atoms with Crippen molar-refractivity contribution in [2.75, 3.05) is 44.3 Å². The summed E-state index contributed by atoms with van der Waals surface area (Å²) in [4.78, 5) is 7.22. The third kappa shape index (κ3) is 2.83. The molecule has 5 heteroatoms. The van der Waals surface area contributed by atoms with Gasteiger partial charge >= 0.3 is 0 Å². The maximum Gasteiger partial charge on any atom is 0.205 e. The van der Waals surface area contributed by atoms with E-state index in [1.54, 1.807) is 0 Å². The van der Waals surface area contributed by atoms with E-state index in [9.17, 15) is 0 Å². The fourth-order valence-corrected chi connectivity index (χ4v) is 3.45. The molecule has 3 rings (SSSR count). The van der Waals surface area contributed by atoms with Crippen LogP contribution in [0.2, 0.25) is 0 Å². The van der Waals surface area contributed by atoms with Crippen molar-refractivity contribution in [3.05, 3.63) is 11.9 Å². The number of rotatable bonds is 6. The van der Waals surface area contributed by atoms with Crippen LogP contribution in [0, 0.1) is 18.8 Å². The predicted molar refractivity (Wildman–Crippen MR) is 80.1 cm³/mol. The van der Waals surface area contributed by atoms with E-state index in [2.05, 4.69) is 27.9 Å². The Morgan fingerprint density at radius 2 is 2.10 bits per heavy atom. The van der Waals surface area contributed by atoms with Crippen LogP contribution in [0.1, 0.15) is 19.0 Å². The van der Waals surface area contributed by atoms with Gasteiger partial charge in [0.15, 0.2) is 0 Å². The molecule has 2 aliphatic heterocycles. The van der Waals surface area contributed by atoms with Gasteiger partial charge in [-0.2, -0.15) is 0 Å². The van der Waals surface area contributed by atoms with Gasteiger partial charge in [-0.3, -0.25) is 0 Å². The molecule has 2 saturated heterocycles. The highest BCUT2D eigenvalue weighted by atomic mass is 16.5. The van der Waals surface area contributed by atoms with Crippen molar-refractivity contribution in [1.82, 2.24) is 14.9 Å². The number of aryl methyl sites for hydroxylation is 2. The molecule has 0 radical (unpaired) electrons. The lowest BCUT2D eigenvalue weighted by Gasteiger charge is -2.20. The van der Waals surface area contributed by atoms with Gasteiger partial charge in [0.2, 0.25) is 5.95 Å². The van der Waals surface area contributed by atoms with Gasteiger partial charge in [-0.1, -0.05) is 0 Å². The Labute approximate surface area is 121 Å². The van der Waals surface area contributed by atoms with Gasteiger partial charge in [0, 0.05) is 52.1 Å². The summed E-state index contributed by atoms with van der Waals surface area (Å²) in [5, 5.41) is 3.49. The number of nitrogens with one attached hydrogen (secondary N) is 1. The molecule has 2 aliphatic rings. The van der Waals surface area contributed by atoms with Gasteiger partial charge < -0.3 is 19.5 Å². The summed E-state index contributed by atoms with van der Waals surface area (Å²) < 4.78 is 7.74.